The highest BCUT2D eigenvalue weighted by Gasteiger charge is 2.05. The lowest BCUT2D eigenvalue weighted by molar-refractivity contribution is 0.401. The molecule has 0 unspecified atom stereocenters. The molecule has 0 fully saturated rings. The molecule has 0 bridgehead atoms. The van der Waals surface area contributed by atoms with Gasteiger partial charge in [0.15, 0.2) is 5.13 Å². The first kappa shape index (κ1) is 12.7. The van der Waals surface area contributed by atoms with Gasteiger partial charge in [0.2, 0.25) is 0 Å². The Morgan fingerprint density at radius 3 is 2.60 bits per heavy atom. The molecule has 0 N–H and O–H groups in total. The van der Waals surface area contributed by atoms with Crippen molar-refractivity contribution in [3.05, 3.63) is 11.1 Å². The maximum atomic E-state index is 5.71. The summed E-state index contributed by atoms with van der Waals surface area (Å²) in [4.78, 5) is 8.80. The van der Waals surface area contributed by atoms with Gasteiger partial charge < -0.3 is 9.80 Å². The number of alkyl halides is 1. The molecule has 0 spiro atoms. The molecule has 1 rings (SSSR count). The van der Waals surface area contributed by atoms with Gasteiger partial charge in [0.25, 0.3) is 0 Å². The maximum Gasteiger partial charge on any atom is 0.185 e. The van der Waals surface area contributed by atoms with Crippen LogP contribution in [0.15, 0.2) is 5.38 Å². The van der Waals surface area contributed by atoms with Crippen LogP contribution in [0.3, 0.4) is 0 Å². The SMILES string of the molecule is CN(C)CCCN(C)c1nc(CCl)cs1. The second-order valence-electron chi connectivity index (χ2n) is 3.83. The molecule has 0 aliphatic carbocycles. The van der Waals surface area contributed by atoms with E-state index in [9.17, 15) is 0 Å². The van der Waals surface area contributed by atoms with E-state index < -0.39 is 0 Å². The van der Waals surface area contributed by atoms with Crippen LogP contribution < -0.4 is 4.90 Å². The molecule has 86 valence electrons. The van der Waals surface area contributed by atoms with Crippen LogP contribution in [0.4, 0.5) is 5.13 Å². The largest absolute Gasteiger partial charge is 0.351 e. The zero-order valence-electron chi connectivity index (χ0n) is 9.53. The molecule has 3 nitrogen and oxygen atoms in total. The number of anilines is 1. The first-order chi connectivity index (χ1) is 7.13. The lowest BCUT2D eigenvalue weighted by Gasteiger charge is -2.17. The van der Waals surface area contributed by atoms with Crippen molar-refractivity contribution in [3.63, 3.8) is 0 Å². The number of hydrogen-bond acceptors (Lipinski definition) is 4. The van der Waals surface area contributed by atoms with E-state index in [0.29, 0.717) is 5.88 Å². The van der Waals surface area contributed by atoms with Crippen LogP contribution >= 0.6 is 22.9 Å². The third-order valence-corrected chi connectivity index (χ3v) is 3.38. The molecular weight excluding hydrogens is 230 g/mol. The third-order valence-electron chi connectivity index (χ3n) is 2.10. The summed E-state index contributed by atoms with van der Waals surface area (Å²) >= 11 is 7.37. The summed E-state index contributed by atoms with van der Waals surface area (Å²) < 4.78 is 0. The van der Waals surface area contributed by atoms with Gasteiger partial charge in [0.05, 0.1) is 11.6 Å². The minimum atomic E-state index is 0.502. The molecule has 0 saturated carbocycles. The molecule has 1 heterocycles. The monoisotopic (exact) mass is 247 g/mol. The van der Waals surface area contributed by atoms with Gasteiger partial charge in [-0.1, -0.05) is 0 Å². The Bertz CT molecular complexity index is 288. The van der Waals surface area contributed by atoms with Gasteiger partial charge in [-0.3, -0.25) is 0 Å². The molecule has 5 heteroatoms. The van der Waals surface area contributed by atoms with Crippen LogP contribution in [-0.4, -0.2) is 44.1 Å². The summed E-state index contributed by atoms with van der Waals surface area (Å²) in [6.07, 6.45) is 1.15. The number of aromatic nitrogens is 1. The van der Waals surface area contributed by atoms with Crippen molar-refractivity contribution in [2.75, 3.05) is 39.1 Å². The van der Waals surface area contributed by atoms with E-state index in [4.69, 9.17) is 11.6 Å². The highest BCUT2D eigenvalue weighted by atomic mass is 35.5. The zero-order valence-corrected chi connectivity index (χ0v) is 11.1. The fourth-order valence-corrected chi connectivity index (χ4v) is 2.30. The second-order valence-corrected chi connectivity index (χ2v) is 4.94. The normalized spacial score (nSPS) is 11.0. The lowest BCUT2D eigenvalue weighted by atomic mass is 10.4. The second kappa shape index (κ2) is 6.30. The van der Waals surface area contributed by atoms with Gasteiger partial charge in [-0.15, -0.1) is 22.9 Å². The minimum Gasteiger partial charge on any atom is -0.351 e. The molecule has 0 saturated heterocycles. The third kappa shape index (κ3) is 4.36. The van der Waals surface area contributed by atoms with Crippen molar-refractivity contribution in [1.82, 2.24) is 9.88 Å². The van der Waals surface area contributed by atoms with Gasteiger partial charge in [-0.2, -0.15) is 0 Å². The minimum absolute atomic E-state index is 0.502. The Kier molecular flexibility index (Phi) is 5.36. The molecule has 1 aromatic rings. The standard InChI is InChI=1S/C10H18ClN3S/c1-13(2)5-4-6-14(3)10-12-9(7-11)8-15-10/h8H,4-7H2,1-3H3. The van der Waals surface area contributed by atoms with E-state index in [1.807, 2.05) is 5.38 Å². The van der Waals surface area contributed by atoms with E-state index in [0.717, 1.165) is 30.3 Å². The quantitative estimate of drug-likeness (QED) is 0.719. The van der Waals surface area contributed by atoms with Crippen LogP contribution in [0.2, 0.25) is 0 Å². The fraction of sp³-hybridized carbons (Fsp3) is 0.700. The van der Waals surface area contributed by atoms with Crippen molar-refractivity contribution in [2.45, 2.75) is 12.3 Å². The number of halogens is 1. The molecule has 0 amide bonds. The van der Waals surface area contributed by atoms with E-state index in [1.54, 1.807) is 11.3 Å². The molecule has 0 radical (unpaired) electrons. The molecule has 15 heavy (non-hydrogen) atoms. The first-order valence-electron chi connectivity index (χ1n) is 4.99. The fourth-order valence-electron chi connectivity index (χ4n) is 1.25. The van der Waals surface area contributed by atoms with Gasteiger partial charge >= 0.3 is 0 Å². The van der Waals surface area contributed by atoms with Crippen LogP contribution in [0.25, 0.3) is 0 Å². The van der Waals surface area contributed by atoms with Crippen molar-refractivity contribution < 1.29 is 0 Å². The highest BCUT2D eigenvalue weighted by Crippen LogP contribution is 2.20. The van der Waals surface area contributed by atoms with Gasteiger partial charge in [-0.25, -0.2) is 4.98 Å². The first-order valence-corrected chi connectivity index (χ1v) is 6.41. The Labute approximate surface area is 101 Å². The molecule has 0 aliphatic heterocycles. The Balaban J connectivity index is 2.36. The topological polar surface area (TPSA) is 19.4 Å². The average molecular weight is 248 g/mol. The van der Waals surface area contributed by atoms with Crippen LogP contribution in [-0.2, 0) is 5.88 Å². The highest BCUT2D eigenvalue weighted by molar-refractivity contribution is 7.13. The number of rotatable bonds is 6. The van der Waals surface area contributed by atoms with E-state index in [-0.39, 0.29) is 0 Å². The van der Waals surface area contributed by atoms with Gasteiger partial charge in [0, 0.05) is 19.0 Å². The summed E-state index contributed by atoms with van der Waals surface area (Å²) in [5.41, 5.74) is 0.969. The van der Waals surface area contributed by atoms with Crippen molar-refractivity contribution in [2.24, 2.45) is 0 Å². The molecule has 1 aromatic heterocycles. The summed E-state index contributed by atoms with van der Waals surface area (Å²) in [6.45, 7) is 2.14. The molecule has 0 aliphatic rings. The predicted molar refractivity (Wildman–Crippen MR) is 68.1 cm³/mol. The zero-order chi connectivity index (χ0) is 11.3. The van der Waals surface area contributed by atoms with Crippen LogP contribution in [0.5, 0.6) is 0 Å². The van der Waals surface area contributed by atoms with Gasteiger partial charge in [0.1, 0.15) is 0 Å². The lowest BCUT2D eigenvalue weighted by Crippen LogP contribution is -2.23. The number of thiazole rings is 1. The summed E-state index contributed by atoms with van der Waals surface area (Å²) in [7, 11) is 6.26. The van der Waals surface area contributed by atoms with Crippen LogP contribution in [0.1, 0.15) is 12.1 Å². The van der Waals surface area contributed by atoms with Crippen molar-refractivity contribution in [1.29, 1.82) is 0 Å². The Morgan fingerprint density at radius 1 is 1.33 bits per heavy atom. The van der Waals surface area contributed by atoms with E-state index in [2.05, 4.69) is 35.9 Å². The van der Waals surface area contributed by atoms with E-state index in [1.165, 1.54) is 0 Å². The Hall–Kier alpha value is -0.320. The summed E-state index contributed by atoms with van der Waals surface area (Å²) in [5, 5.41) is 3.08. The molecule has 0 aromatic carbocycles. The number of hydrogen-bond donors (Lipinski definition) is 0. The summed E-state index contributed by atoms with van der Waals surface area (Å²) in [5.74, 6) is 0.502. The van der Waals surface area contributed by atoms with Crippen molar-refractivity contribution in [3.8, 4) is 0 Å². The van der Waals surface area contributed by atoms with Gasteiger partial charge in [-0.05, 0) is 27.1 Å². The van der Waals surface area contributed by atoms with E-state index >= 15 is 0 Å². The summed E-state index contributed by atoms with van der Waals surface area (Å²) in [6, 6.07) is 0. The average Bonchev–Trinajstić information content (AvgIpc) is 2.65. The van der Waals surface area contributed by atoms with Crippen LogP contribution in [0, 0.1) is 0 Å². The smallest absolute Gasteiger partial charge is 0.185 e. The Morgan fingerprint density at radius 2 is 2.07 bits per heavy atom. The van der Waals surface area contributed by atoms with Crippen molar-refractivity contribution >= 4 is 28.1 Å². The predicted octanol–water partition coefficient (Wildman–Crippen LogP) is 2.27. The maximum absolute atomic E-state index is 5.71. The molecule has 0 atom stereocenters. The molecular formula is C10H18ClN3S. The number of nitrogens with zero attached hydrogens (tertiary/aromatic N) is 3.